The number of amides is 1. The molecule has 5 nitrogen and oxygen atoms in total. The van der Waals surface area contributed by atoms with Crippen molar-refractivity contribution >= 4 is 17.2 Å². The van der Waals surface area contributed by atoms with Gasteiger partial charge in [0.15, 0.2) is 5.65 Å². The summed E-state index contributed by atoms with van der Waals surface area (Å²) in [5.41, 5.74) is 7.89. The monoisotopic (exact) mass is 370 g/mol. The van der Waals surface area contributed by atoms with Crippen LogP contribution in [-0.4, -0.2) is 20.5 Å². The number of nitrogens with one attached hydrogen (secondary N) is 1. The van der Waals surface area contributed by atoms with E-state index in [4.69, 9.17) is 0 Å². The van der Waals surface area contributed by atoms with Gasteiger partial charge in [0.05, 0.1) is 17.0 Å². The van der Waals surface area contributed by atoms with Gasteiger partial charge in [-0.3, -0.25) is 4.79 Å². The van der Waals surface area contributed by atoms with E-state index >= 15 is 0 Å². The molecule has 0 aliphatic rings. The third-order valence-electron chi connectivity index (χ3n) is 5.01. The number of carbonyl (C=O) groups excluding carboxylic acids is 1. The molecular weight excluding hydrogens is 348 g/mol. The molecule has 1 N–H and O–H groups in total. The Kier molecular flexibility index (Phi) is 4.43. The molecule has 4 rings (SSSR count). The lowest BCUT2D eigenvalue weighted by Crippen LogP contribution is -2.16. The number of hydrogen-bond donors (Lipinski definition) is 1. The molecular formula is C23H22N4O. The van der Waals surface area contributed by atoms with Gasteiger partial charge in [0.1, 0.15) is 0 Å². The smallest absolute Gasteiger partial charge is 0.259 e. The molecule has 0 bridgehead atoms. The van der Waals surface area contributed by atoms with Gasteiger partial charge in [0.2, 0.25) is 0 Å². The first-order valence-electron chi connectivity index (χ1n) is 9.24. The lowest BCUT2D eigenvalue weighted by molar-refractivity contribution is 0.102. The summed E-state index contributed by atoms with van der Waals surface area (Å²) in [6, 6.07) is 16.1. The Hall–Kier alpha value is -3.47. The summed E-state index contributed by atoms with van der Waals surface area (Å²) in [5, 5.41) is 7.65. The van der Waals surface area contributed by atoms with Gasteiger partial charge in [0, 0.05) is 17.4 Å². The SMILES string of the molecule is Cc1ccc(C)c(NC(=O)c2cnc3c(-c4ccccc4)c(C)nn3c2C)c1. The Morgan fingerprint density at radius 1 is 1.00 bits per heavy atom. The summed E-state index contributed by atoms with van der Waals surface area (Å²) in [4.78, 5) is 17.5. The van der Waals surface area contributed by atoms with Crippen LogP contribution in [-0.2, 0) is 0 Å². The summed E-state index contributed by atoms with van der Waals surface area (Å²) in [6.45, 7) is 7.85. The van der Waals surface area contributed by atoms with Crippen LogP contribution in [0.3, 0.4) is 0 Å². The fourth-order valence-electron chi connectivity index (χ4n) is 3.43. The molecule has 0 aliphatic carbocycles. The fourth-order valence-corrected chi connectivity index (χ4v) is 3.43. The van der Waals surface area contributed by atoms with Crippen LogP contribution in [0.5, 0.6) is 0 Å². The molecule has 5 heteroatoms. The molecule has 2 aromatic heterocycles. The van der Waals surface area contributed by atoms with Gasteiger partial charge in [0.25, 0.3) is 5.91 Å². The highest BCUT2D eigenvalue weighted by Gasteiger charge is 2.19. The molecule has 1 amide bonds. The Morgan fingerprint density at radius 2 is 1.75 bits per heavy atom. The molecule has 0 atom stereocenters. The molecule has 28 heavy (non-hydrogen) atoms. The predicted molar refractivity (Wildman–Crippen MR) is 112 cm³/mol. The Bertz CT molecular complexity index is 1190. The van der Waals surface area contributed by atoms with Gasteiger partial charge >= 0.3 is 0 Å². The van der Waals surface area contributed by atoms with E-state index in [1.165, 1.54) is 0 Å². The highest BCUT2D eigenvalue weighted by atomic mass is 16.1. The second kappa shape index (κ2) is 6.93. The van der Waals surface area contributed by atoms with Crippen molar-refractivity contribution in [1.29, 1.82) is 0 Å². The van der Waals surface area contributed by atoms with E-state index in [1.54, 1.807) is 10.7 Å². The number of hydrogen-bond acceptors (Lipinski definition) is 3. The van der Waals surface area contributed by atoms with E-state index < -0.39 is 0 Å². The first kappa shape index (κ1) is 17.9. The Morgan fingerprint density at radius 3 is 2.50 bits per heavy atom. The fraction of sp³-hybridized carbons (Fsp3) is 0.174. The minimum absolute atomic E-state index is 0.185. The Balaban J connectivity index is 1.76. The first-order valence-corrected chi connectivity index (χ1v) is 9.24. The molecule has 0 spiro atoms. The highest BCUT2D eigenvalue weighted by Crippen LogP contribution is 2.28. The molecule has 0 unspecified atom stereocenters. The van der Waals surface area contributed by atoms with Gasteiger partial charge in [-0.05, 0) is 50.5 Å². The molecule has 2 aromatic carbocycles. The largest absolute Gasteiger partial charge is 0.322 e. The van der Waals surface area contributed by atoms with Crippen LogP contribution >= 0.6 is 0 Å². The van der Waals surface area contributed by atoms with Crippen LogP contribution < -0.4 is 5.32 Å². The molecule has 4 aromatic rings. The van der Waals surface area contributed by atoms with Crippen molar-refractivity contribution in [2.75, 3.05) is 5.32 Å². The van der Waals surface area contributed by atoms with Crippen molar-refractivity contribution in [2.24, 2.45) is 0 Å². The first-order chi connectivity index (χ1) is 13.5. The molecule has 2 heterocycles. The number of aryl methyl sites for hydroxylation is 4. The number of carbonyl (C=O) groups is 1. The highest BCUT2D eigenvalue weighted by molar-refractivity contribution is 6.05. The lowest BCUT2D eigenvalue weighted by atomic mass is 10.1. The summed E-state index contributed by atoms with van der Waals surface area (Å²) >= 11 is 0. The van der Waals surface area contributed by atoms with Crippen LogP contribution in [0.15, 0.2) is 54.7 Å². The van der Waals surface area contributed by atoms with E-state index in [2.05, 4.69) is 15.4 Å². The van der Waals surface area contributed by atoms with Crippen molar-refractivity contribution in [1.82, 2.24) is 14.6 Å². The third kappa shape index (κ3) is 3.05. The van der Waals surface area contributed by atoms with Gasteiger partial charge in [-0.15, -0.1) is 0 Å². The molecule has 0 radical (unpaired) electrons. The van der Waals surface area contributed by atoms with Gasteiger partial charge in [-0.2, -0.15) is 5.10 Å². The van der Waals surface area contributed by atoms with Crippen LogP contribution in [0, 0.1) is 27.7 Å². The number of benzene rings is 2. The lowest BCUT2D eigenvalue weighted by Gasteiger charge is -2.11. The average molecular weight is 370 g/mol. The van der Waals surface area contributed by atoms with Crippen LogP contribution in [0.1, 0.15) is 32.9 Å². The van der Waals surface area contributed by atoms with E-state index in [0.717, 1.165) is 45.0 Å². The topological polar surface area (TPSA) is 59.3 Å². The predicted octanol–water partition coefficient (Wildman–Crippen LogP) is 4.88. The van der Waals surface area contributed by atoms with Crippen LogP contribution in [0.25, 0.3) is 16.8 Å². The van der Waals surface area contributed by atoms with Crippen LogP contribution in [0.2, 0.25) is 0 Å². The maximum atomic E-state index is 12.9. The second-order valence-electron chi connectivity index (χ2n) is 7.09. The zero-order valence-electron chi connectivity index (χ0n) is 16.4. The molecule has 0 saturated carbocycles. The van der Waals surface area contributed by atoms with Crippen molar-refractivity contribution < 1.29 is 4.79 Å². The molecule has 0 aliphatic heterocycles. The number of aromatic nitrogens is 3. The van der Waals surface area contributed by atoms with Crippen molar-refractivity contribution in [3.63, 3.8) is 0 Å². The standard InChI is InChI=1S/C23H22N4O/c1-14-10-11-15(2)20(12-14)25-23(28)19-13-24-22-21(18-8-6-5-7-9-18)16(3)26-27(22)17(19)4/h5-13H,1-4H3,(H,25,28). The normalized spacial score (nSPS) is 11.0. The quantitative estimate of drug-likeness (QED) is 0.559. The number of rotatable bonds is 3. The zero-order valence-corrected chi connectivity index (χ0v) is 16.4. The van der Waals surface area contributed by atoms with E-state index in [-0.39, 0.29) is 5.91 Å². The maximum absolute atomic E-state index is 12.9. The van der Waals surface area contributed by atoms with E-state index in [1.807, 2.05) is 76.2 Å². The minimum Gasteiger partial charge on any atom is -0.322 e. The molecule has 140 valence electrons. The van der Waals surface area contributed by atoms with Crippen molar-refractivity contribution in [2.45, 2.75) is 27.7 Å². The van der Waals surface area contributed by atoms with Crippen molar-refractivity contribution in [3.05, 3.63) is 82.8 Å². The molecule has 0 saturated heterocycles. The maximum Gasteiger partial charge on any atom is 0.259 e. The zero-order chi connectivity index (χ0) is 19.8. The summed E-state index contributed by atoms with van der Waals surface area (Å²) < 4.78 is 1.76. The third-order valence-corrected chi connectivity index (χ3v) is 5.01. The molecule has 0 fully saturated rings. The van der Waals surface area contributed by atoms with Crippen molar-refractivity contribution in [3.8, 4) is 11.1 Å². The number of nitrogens with zero attached hydrogens (tertiary/aromatic N) is 3. The minimum atomic E-state index is -0.185. The second-order valence-corrected chi connectivity index (χ2v) is 7.09. The van der Waals surface area contributed by atoms with Gasteiger partial charge in [-0.25, -0.2) is 9.50 Å². The average Bonchev–Trinajstić information content (AvgIpc) is 3.02. The van der Waals surface area contributed by atoms with E-state index in [0.29, 0.717) is 5.56 Å². The number of anilines is 1. The van der Waals surface area contributed by atoms with Gasteiger partial charge < -0.3 is 5.32 Å². The number of fused-ring (bicyclic) bond motifs is 1. The van der Waals surface area contributed by atoms with Crippen LogP contribution in [0.4, 0.5) is 5.69 Å². The summed E-state index contributed by atoms with van der Waals surface area (Å²) in [5.74, 6) is -0.185. The van der Waals surface area contributed by atoms with E-state index in [9.17, 15) is 4.79 Å². The summed E-state index contributed by atoms with van der Waals surface area (Å²) in [7, 11) is 0. The Labute approximate surface area is 164 Å². The van der Waals surface area contributed by atoms with Gasteiger partial charge in [-0.1, -0.05) is 42.5 Å². The summed E-state index contributed by atoms with van der Waals surface area (Å²) in [6.07, 6.45) is 1.64.